The fourth-order valence-corrected chi connectivity index (χ4v) is 2.83. The topological polar surface area (TPSA) is 24.9 Å². The van der Waals surface area contributed by atoms with Gasteiger partial charge in [0.15, 0.2) is 0 Å². The summed E-state index contributed by atoms with van der Waals surface area (Å²) in [6.45, 7) is 3.74. The van der Waals surface area contributed by atoms with E-state index in [1.54, 1.807) is 12.3 Å². The molecule has 2 aromatic rings. The molecule has 0 aliphatic carbocycles. The molecule has 5 heteroatoms. The van der Waals surface area contributed by atoms with Gasteiger partial charge in [-0.15, -0.1) is 0 Å². The summed E-state index contributed by atoms with van der Waals surface area (Å²) in [7, 11) is 0. The summed E-state index contributed by atoms with van der Waals surface area (Å²) >= 11 is 4.81. The summed E-state index contributed by atoms with van der Waals surface area (Å²) in [4.78, 5) is 5.15. The minimum atomic E-state index is -0.208. The smallest absolute Gasteiger partial charge is 0.124 e. The lowest BCUT2D eigenvalue weighted by Crippen LogP contribution is -2.13. The van der Waals surface area contributed by atoms with Gasteiger partial charge in [-0.05, 0) is 64.8 Å². The van der Waals surface area contributed by atoms with Gasteiger partial charge in [0.2, 0.25) is 0 Å². The quantitative estimate of drug-likeness (QED) is 0.765. The zero-order valence-electron chi connectivity index (χ0n) is 11.2. The van der Waals surface area contributed by atoms with Crippen LogP contribution in [0, 0.1) is 5.82 Å². The van der Waals surface area contributed by atoms with Crippen LogP contribution < -0.4 is 5.32 Å². The Balaban J connectivity index is 2.09. The fourth-order valence-electron chi connectivity index (χ4n) is 1.73. The molecule has 1 heterocycles. The van der Waals surface area contributed by atoms with E-state index in [2.05, 4.69) is 33.2 Å². The number of hydrogen-bond donors (Lipinski definition) is 1. The molecule has 0 saturated carbocycles. The van der Waals surface area contributed by atoms with Gasteiger partial charge in [-0.3, -0.25) is 0 Å². The first-order valence-electron chi connectivity index (χ1n) is 6.47. The maximum atomic E-state index is 13.6. The molecule has 0 atom stereocenters. The highest BCUT2D eigenvalue weighted by atomic mass is 79.9. The molecule has 20 heavy (non-hydrogen) atoms. The molecule has 0 aliphatic rings. The van der Waals surface area contributed by atoms with Gasteiger partial charge in [0.25, 0.3) is 0 Å². The summed E-state index contributed by atoms with van der Waals surface area (Å²) in [5.41, 5.74) is 0.957. The lowest BCUT2D eigenvalue weighted by molar-refractivity contribution is 0.615. The van der Waals surface area contributed by atoms with Crippen LogP contribution in [-0.2, 0) is 6.54 Å². The standard InChI is InChI=1S/C15H16BrFN2S/c1-2-5-18-9-11-6-13(17)8-14(7-11)20-15-4-3-12(16)10-19-15/h3-4,6-8,10,18H,2,5,9H2,1H3. The van der Waals surface area contributed by atoms with E-state index in [1.807, 2.05) is 18.2 Å². The lowest BCUT2D eigenvalue weighted by Gasteiger charge is -2.07. The second kappa shape index (κ2) is 7.76. The first-order valence-corrected chi connectivity index (χ1v) is 8.08. The average molecular weight is 355 g/mol. The van der Waals surface area contributed by atoms with Crippen molar-refractivity contribution in [2.45, 2.75) is 29.8 Å². The van der Waals surface area contributed by atoms with Crippen molar-refractivity contribution in [2.24, 2.45) is 0 Å². The van der Waals surface area contributed by atoms with E-state index in [4.69, 9.17) is 0 Å². The van der Waals surface area contributed by atoms with Crippen molar-refractivity contribution >= 4 is 27.7 Å². The van der Waals surface area contributed by atoms with Gasteiger partial charge in [-0.2, -0.15) is 0 Å². The zero-order chi connectivity index (χ0) is 14.4. The molecule has 0 spiro atoms. The van der Waals surface area contributed by atoms with E-state index in [9.17, 15) is 4.39 Å². The number of rotatable bonds is 6. The fraction of sp³-hybridized carbons (Fsp3) is 0.267. The van der Waals surface area contributed by atoms with E-state index in [-0.39, 0.29) is 5.82 Å². The molecule has 2 nitrogen and oxygen atoms in total. The number of aromatic nitrogens is 1. The van der Waals surface area contributed by atoms with Crippen LogP contribution in [0.25, 0.3) is 0 Å². The zero-order valence-corrected chi connectivity index (χ0v) is 13.6. The minimum Gasteiger partial charge on any atom is -0.313 e. The first kappa shape index (κ1) is 15.5. The van der Waals surface area contributed by atoms with Gasteiger partial charge in [0.05, 0.1) is 0 Å². The number of benzene rings is 1. The van der Waals surface area contributed by atoms with Gasteiger partial charge < -0.3 is 5.32 Å². The highest BCUT2D eigenvalue weighted by Gasteiger charge is 2.04. The van der Waals surface area contributed by atoms with Crippen LogP contribution in [0.2, 0.25) is 0 Å². The van der Waals surface area contributed by atoms with Crippen molar-refractivity contribution in [3.05, 3.63) is 52.4 Å². The van der Waals surface area contributed by atoms with E-state index >= 15 is 0 Å². The Morgan fingerprint density at radius 3 is 2.85 bits per heavy atom. The van der Waals surface area contributed by atoms with Crippen molar-refractivity contribution in [1.29, 1.82) is 0 Å². The van der Waals surface area contributed by atoms with Gasteiger partial charge in [-0.1, -0.05) is 18.7 Å². The summed E-state index contributed by atoms with van der Waals surface area (Å²) < 4.78 is 14.6. The molecule has 0 saturated heterocycles. The van der Waals surface area contributed by atoms with Crippen molar-refractivity contribution < 1.29 is 4.39 Å². The molecule has 0 aliphatic heterocycles. The molecule has 0 bridgehead atoms. The Morgan fingerprint density at radius 1 is 1.30 bits per heavy atom. The largest absolute Gasteiger partial charge is 0.313 e. The molecule has 1 aromatic heterocycles. The third kappa shape index (κ3) is 4.89. The first-order chi connectivity index (χ1) is 9.67. The van der Waals surface area contributed by atoms with Crippen LogP contribution in [0.4, 0.5) is 4.39 Å². The second-order valence-corrected chi connectivity index (χ2v) is 6.40. The second-order valence-electron chi connectivity index (χ2n) is 4.39. The highest BCUT2D eigenvalue weighted by molar-refractivity contribution is 9.10. The Bertz CT molecular complexity index is 560. The summed E-state index contributed by atoms with van der Waals surface area (Å²) in [6, 6.07) is 8.95. The maximum Gasteiger partial charge on any atom is 0.124 e. The van der Waals surface area contributed by atoms with Gasteiger partial charge in [-0.25, -0.2) is 9.37 Å². The monoisotopic (exact) mass is 354 g/mol. The van der Waals surface area contributed by atoms with E-state index in [0.717, 1.165) is 32.9 Å². The van der Waals surface area contributed by atoms with Crippen molar-refractivity contribution in [2.75, 3.05) is 6.54 Å². The van der Waals surface area contributed by atoms with Crippen LogP contribution in [0.3, 0.4) is 0 Å². The van der Waals surface area contributed by atoms with Crippen LogP contribution in [0.15, 0.2) is 50.9 Å². The Labute approximate surface area is 131 Å². The molecular weight excluding hydrogens is 339 g/mol. The number of nitrogens with one attached hydrogen (secondary N) is 1. The van der Waals surface area contributed by atoms with Crippen LogP contribution in [-0.4, -0.2) is 11.5 Å². The van der Waals surface area contributed by atoms with E-state index in [1.165, 1.54) is 17.8 Å². The third-order valence-electron chi connectivity index (χ3n) is 2.61. The molecule has 1 aromatic carbocycles. The maximum absolute atomic E-state index is 13.6. The van der Waals surface area contributed by atoms with Gasteiger partial charge in [0.1, 0.15) is 10.8 Å². The number of halogens is 2. The molecular formula is C15H16BrFN2S. The van der Waals surface area contributed by atoms with Crippen molar-refractivity contribution in [1.82, 2.24) is 10.3 Å². The Hall–Kier alpha value is -0.910. The van der Waals surface area contributed by atoms with Gasteiger partial charge in [0, 0.05) is 22.1 Å². The molecule has 0 fully saturated rings. The minimum absolute atomic E-state index is 0.208. The molecule has 0 unspecified atom stereocenters. The average Bonchev–Trinajstić information content (AvgIpc) is 2.41. The Morgan fingerprint density at radius 2 is 2.15 bits per heavy atom. The van der Waals surface area contributed by atoms with E-state index in [0.29, 0.717) is 6.54 Å². The predicted molar refractivity (Wildman–Crippen MR) is 84.5 cm³/mol. The van der Waals surface area contributed by atoms with E-state index < -0.39 is 0 Å². The molecule has 0 amide bonds. The SMILES string of the molecule is CCCNCc1cc(F)cc(Sc2ccc(Br)cn2)c1. The number of nitrogens with zero attached hydrogens (tertiary/aromatic N) is 1. The van der Waals surface area contributed by atoms with Gasteiger partial charge >= 0.3 is 0 Å². The Kier molecular flexibility index (Phi) is 6.01. The summed E-state index contributed by atoms with van der Waals surface area (Å²) in [6.07, 6.45) is 2.81. The molecule has 1 N–H and O–H groups in total. The third-order valence-corrected chi connectivity index (χ3v) is 4.00. The molecule has 2 rings (SSSR count). The van der Waals surface area contributed by atoms with Crippen LogP contribution in [0.5, 0.6) is 0 Å². The number of pyridine rings is 1. The summed E-state index contributed by atoms with van der Waals surface area (Å²) in [5.74, 6) is -0.208. The van der Waals surface area contributed by atoms with Crippen molar-refractivity contribution in [3.63, 3.8) is 0 Å². The van der Waals surface area contributed by atoms with Crippen LogP contribution >= 0.6 is 27.7 Å². The number of hydrogen-bond acceptors (Lipinski definition) is 3. The summed E-state index contributed by atoms with van der Waals surface area (Å²) in [5, 5.41) is 4.13. The molecule has 106 valence electrons. The normalized spacial score (nSPS) is 10.8. The molecule has 0 radical (unpaired) electrons. The lowest BCUT2D eigenvalue weighted by atomic mass is 10.2. The van der Waals surface area contributed by atoms with Crippen LogP contribution in [0.1, 0.15) is 18.9 Å². The highest BCUT2D eigenvalue weighted by Crippen LogP contribution is 2.28. The van der Waals surface area contributed by atoms with Crippen molar-refractivity contribution in [3.8, 4) is 0 Å². The predicted octanol–water partition coefficient (Wildman–Crippen LogP) is 4.63.